The van der Waals surface area contributed by atoms with E-state index in [0.29, 0.717) is 15.9 Å². The maximum absolute atomic E-state index is 11.0. The number of carbonyl (C=O) groups is 1. The van der Waals surface area contributed by atoms with Gasteiger partial charge >= 0.3 is 5.97 Å². The van der Waals surface area contributed by atoms with Crippen molar-refractivity contribution >= 4 is 28.9 Å². The molecule has 3 nitrogen and oxygen atoms in total. The zero-order valence-corrected chi connectivity index (χ0v) is 12.4. The molecule has 1 aromatic carbocycles. The van der Waals surface area contributed by atoms with Crippen molar-refractivity contribution in [1.29, 1.82) is 0 Å². The van der Waals surface area contributed by atoms with Gasteiger partial charge in [0.1, 0.15) is 17.9 Å². The number of carboxylic acids is 1. The van der Waals surface area contributed by atoms with Gasteiger partial charge in [0.05, 0.1) is 4.34 Å². The van der Waals surface area contributed by atoms with E-state index < -0.39 is 5.97 Å². The largest absolute Gasteiger partial charge is 0.481 e. The van der Waals surface area contributed by atoms with Gasteiger partial charge < -0.3 is 9.52 Å². The molecule has 0 aliphatic carbocycles. The number of rotatable bonds is 4. The molecule has 106 valence electrons. The van der Waals surface area contributed by atoms with Gasteiger partial charge in [-0.2, -0.15) is 0 Å². The molecular formula is C16H11ClO3S. The number of hydrogen-bond donors (Lipinski definition) is 1. The zero-order chi connectivity index (χ0) is 14.8. The maximum atomic E-state index is 11.0. The Morgan fingerprint density at radius 3 is 2.57 bits per heavy atom. The van der Waals surface area contributed by atoms with Crippen LogP contribution < -0.4 is 0 Å². The minimum atomic E-state index is -0.923. The van der Waals surface area contributed by atoms with Crippen LogP contribution in [0.2, 0.25) is 4.34 Å². The molecule has 0 saturated carbocycles. The highest BCUT2D eigenvalue weighted by Crippen LogP contribution is 2.37. The average molecular weight is 319 g/mol. The Balaban J connectivity index is 2.09. The van der Waals surface area contributed by atoms with Gasteiger partial charge in [0.2, 0.25) is 0 Å². The lowest BCUT2D eigenvalue weighted by Crippen LogP contribution is -1.99. The standard InChI is InChI=1S/C16H11ClO3S/c17-15-7-6-14(21-15)11-8-12(10-4-2-1-3-5-10)20-13(11)9-16(18)19/h1-8H,9H2,(H,18,19). The Hall–Kier alpha value is -2.04. The number of carboxylic acid groups (broad SMARTS) is 1. The van der Waals surface area contributed by atoms with Crippen molar-refractivity contribution in [1.82, 2.24) is 0 Å². The Labute approximate surface area is 130 Å². The quantitative estimate of drug-likeness (QED) is 0.740. The Morgan fingerprint density at radius 2 is 1.95 bits per heavy atom. The van der Waals surface area contributed by atoms with Gasteiger partial charge in [0.25, 0.3) is 0 Å². The highest BCUT2D eigenvalue weighted by Gasteiger charge is 2.17. The summed E-state index contributed by atoms with van der Waals surface area (Å²) in [6.45, 7) is 0. The van der Waals surface area contributed by atoms with Gasteiger partial charge in [-0.3, -0.25) is 4.79 Å². The van der Waals surface area contributed by atoms with Gasteiger partial charge in [-0.05, 0) is 18.2 Å². The predicted octanol–water partition coefficient (Wildman–Crippen LogP) is 4.96. The average Bonchev–Trinajstić information content (AvgIpc) is 3.05. The van der Waals surface area contributed by atoms with E-state index in [4.69, 9.17) is 21.1 Å². The van der Waals surface area contributed by atoms with Crippen LogP contribution in [0.5, 0.6) is 0 Å². The van der Waals surface area contributed by atoms with Crippen LogP contribution in [-0.2, 0) is 11.2 Å². The van der Waals surface area contributed by atoms with E-state index in [1.54, 1.807) is 6.07 Å². The number of hydrogen-bond acceptors (Lipinski definition) is 3. The molecule has 0 aliphatic heterocycles. The third kappa shape index (κ3) is 3.01. The first kappa shape index (κ1) is 13.9. The molecule has 0 fully saturated rings. The van der Waals surface area contributed by atoms with Gasteiger partial charge in [-0.15, -0.1) is 11.3 Å². The molecule has 2 heterocycles. The fourth-order valence-electron chi connectivity index (χ4n) is 2.11. The minimum absolute atomic E-state index is 0.155. The van der Waals surface area contributed by atoms with E-state index in [-0.39, 0.29) is 6.42 Å². The molecule has 5 heteroatoms. The molecule has 0 spiro atoms. The van der Waals surface area contributed by atoms with E-state index in [2.05, 4.69) is 0 Å². The van der Waals surface area contributed by atoms with Crippen molar-refractivity contribution in [2.75, 3.05) is 0 Å². The van der Waals surface area contributed by atoms with Crippen molar-refractivity contribution in [2.24, 2.45) is 0 Å². The molecule has 2 aromatic heterocycles. The summed E-state index contributed by atoms with van der Waals surface area (Å²) in [4.78, 5) is 11.9. The highest BCUT2D eigenvalue weighted by atomic mass is 35.5. The molecule has 0 bridgehead atoms. The number of thiophene rings is 1. The van der Waals surface area contributed by atoms with Crippen LogP contribution in [0, 0.1) is 0 Å². The van der Waals surface area contributed by atoms with Crippen LogP contribution in [0.1, 0.15) is 5.76 Å². The summed E-state index contributed by atoms with van der Waals surface area (Å²) in [5, 5.41) is 9.04. The van der Waals surface area contributed by atoms with Crippen molar-refractivity contribution in [3.05, 3.63) is 58.6 Å². The summed E-state index contributed by atoms with van der Waals surface area (Å²) in [6, 6.07) is 15.1. The van der Waals surface area contributed by atoms with Crippen molar-refractivity contribution in [2.45, 2.75) is 6.42 Å². The van der Waals surface area contributed by atoms with Gasteiger partial charge in [-0.1, -0.05) is 41.9 Å². The monoisotopic (exact) mass is 318 g/mol. The highest BCUT2D eigenvalue weighted by molar-refractivity contribution is 7.19. The third-order valence-electron chi connectivity index (χ3n) is 3.02. The number of furan rings is 1. The van der Waals surface area contributed by atoms with Gasteiger partial charge in [0, 0.05) is 16.0 Å². The fourth-order valence-corrected chi connectivity index (χ4v) is 3.19. The summed E-state index contributed by atoms with van der Waals surface area (Å²) < 4.78 is 6.42. The molecule has 3 rings (SSSR count). The lowest BCUT2D eigenvalue weighted by Gasteiger charge is -1.96. The van der Waals surface area contributed by atoms with Crippen LogP contribution >= 0.6 is 22.9 Å². The fraction of sp³-hybridized carbons (Fsp3) is 0.0625. The van der Waals surface area contributed by atoms with Crippen molar-refractivity contribution < 1.29 is 14.3 Å². The lowest BCUT2D eigenvalue weighted by atomic mass is 10.1. The first-order valence-electron chi connectivity index (χ1n) is 6.29. The summed E-state index contributed by atoms with van der Waals surface area (Å²) in [5.74, 6) is 0.180. The predicted molar refractivity (Wildman–Crippen MR) is 83.8 cm³/mol. The number of benzene rings is 1. The van der Waals surface area contributed by atoms with Crippen molar-refractivity contribution in [3.63, 3.8) is 0 Å². The molecule has 1 N–H and O–H groups in total. The second-order valence-electron chi connectivity index (χ2n) is 4.49. The van der Waals surface area contributed by atoms with Crippen LogP contribution in [0.3, 0.4) is 0 Å². The summed E-state index contributed by atoms with van der Waals surface area (Å²) in [6.07, 6.45) is -0.155. The molecule has 0 radical (unpaired) electrons. The number of aliphatic carboxylic acids is 1. The Morgan fingerprint density at radius 1 is 1.19 bits per heavy atom. The first-order chi connectivity index (χ1) is 10.1. The first-order valence-corrected chi connectivity index (χ1v) is 7.48. The molecule has 3 aromatic rings. The van der Waals surface area contributed by atoms with Crippen LogP contribution in [0.25, 0.3) is 21.8 Å². The smallest absolute Gasteiger partial charge is 0.311 e. The Bertz CT molecular complexity index is 774. The molecular weight excluding hydrogens is 308 g/mol. The summed E-state index contributed by atoms with van der Waals surface area (Å²) >= 11 is 7.37. The lowest BCUT2D eigenvalue weighted by molar-refractivity contribution is -0.136. The Kier molecular flexibility index (Phi) is 3.82. The summed E-state index contributed by atoms with van der Waals surface area (Å²) in [5.41, 5.74) is 1.70. The van der Waals surface area contributed by atoms with Gasteiger partial charge in [-0.25, -0.2) is 0 Å². The molecule has 0 unspecified atom stereocenters. The van der Waals surface area contributed by atoms with E-state index in [1.807, 2.05) is 42.5 Å². The molecule has 0 amide bonds. The summed E-state index contributed by atoms with van der Waals surface area (Å²) in [7, 11) is 0. The zero-order valence-electron chi connectivity index (χ0n) is 10.9. The SMILES string of the molecule is O=C(O)Cc1oc(-c2ccccc2)cc1-c1ccc(Cl)s1. The van der Waals surface area contributed by atoms with Crippen LogP contribution in [0.4, 0.5) is 0 Å². The number of halogens is 1. The van der Waals surface area contributed by atoms with Crippen molar-refractivity contribution in [3.8, 4) is 21.8 Å². The maximum Gasteiger partial charge on any atom is 0.311 e. The third-order valence-corrected chi connectivity index (χ3v) is 4.28. The van der Waals surface area contributed by atoms with E-state index in [1.165, 1.54) is 11.3 Å². The van der Waals surface area contributed by atoms with E-state index in [0.717, 1.165) is 16.0 Å². The van der Waals surface area contributed by atoms with E-state index in [9.17, 15) is 4.79 Å². The molecule has 21 heavy (non-hydrogen) atoms. The molecule has 0 aliphatic rings. The minimum Gasteiger partial charge on any atom is -0.481 e. The van der Waals surface area contributed by atoms with Gasteiger partial charge in [0.15, 0.2) is 0 Å². The molecule has 0 atom stereocenters. The second-order valence-corrected chi connectivity index (χ2v) is 6.20. The molecule has 0 saturated heterocycles. The topological polar surface area (TPSA) is 50.4 Å². The van der Waals surface area contributed by atoms with E-state index >= 15 is 0 Å². The van der Waals surface area contributed by atoms with Crippen LogP contribution in [0.15, 0.2) is 52.9 Å². The second kappa shape index (κ2) is 5.76. The van der Waals surface area contributed by atoms with Crippen LogP contribution in [-0.4, -0.2) is 11.1 Å². The normalized spacial score (nSPS) is 10.7.